The zero-order valence-electron chi connectivity index (χ0n) is 17.0. The lowest BCUT2D eigenvalue weighted by molar-refractivity contribution is -0.121. The van der Waals surface area contributed by atoms with Crippen molar-refractivity contribution in [3.63, 3.8) is 0 Å². The van der Waals surface area contributed by atoms with Crippen molar-refractivity contribution in [1.82, 2.24) is 14.5 Å². The molecule has 0 aliphatic carbocycles. The van der Waals surface area contributed by atoms with Gasteiger partial charge in [-0.1, -0.05) is 25.5 Å². The third-order valence-electron chi connectivity index (χ3n) is 4.88. The Morgan fingerprint density at radius 3 is 2.50 bits per heavy atom. The van der Waals surface area contributed by atoms with Crippen molar-refractivity contribution in [2.24, 2.45) is 0 Å². The van der Waals surface area contributed by atoms with Gasteiger partial charge in [0.2, 0.25) is 15.9 Å². The number of rotatable bonds is 11. The minimum Gasteiger partial charge on any atom is -0.379 e. The number of amides is 1. The van der Waals surface area contributed by atoms with Crippen molar-refractivity contribution in [1.29, 1.82) is 0 Å². The first kappa shape index (κ1) is 22.8. The van der Waals surface area contributed by atoms with E-state index in [-0.39, 0.29) is 5.91 Å². The number of nitrogens with zero attached hydrogens (tertiary/aromatic N) is 2. The number of carbonyl (C=O) groups excluding carboxylic acids is 1. The molecular weight excluding hydrogens is 378 g/mol. The monoisotopic (exact) mass is 411 g/mol. The van der Waals surface area contributed by atoms with Crippen LogP contribution in [0.2, 0.25) is 0 Å². The van der Waals surface area contributed by atoms with E-state index in [1.165, 1.54) is 4.31 Å². The molecule has 0 aromatic heterocycles. The van der Waals surface area contributed by atoms with Gasteiger partial charge < -0.3 is 15.0 Å². The van der Waals surface area contributed by atoms with E-state index in [0.717, 1.165) is 31.5 Å². The quantitative estimate of drug-likeness (QED) is 0.597. The first-order valence-corrected chi connectivity index (χ1v) is 11.5. The topological polar surface area (TPSA) is 79.0 Å². The summed E-state index contributed by atoms with van der Waals surface area (Å²) in [7, 11) is -1.42. The van der Waals surface area contributed by atoms with E-state index in [9.17, 15) is 13.2 Å². The maximum absolute atomic E-state index is 12.6. The van der Waals surface area contributed by atoms with E-state index in [0.29, 0.717) is 50.6 Å². The molecule has 8 heteroatoms. The lowest BCUT2D eigenvalue weighted by Gasteiger charge is -2.26. The number of sulfonamides is 1. The van der Waals surface area contributed by atoms with Crippen molar-refractivity contribution in [3.8, 4) is 0 Å². The van der Waals surface area contributed by atoms with Gasteiger partial charge in [0.1, 0.15) is 0 Å². The fraction of sp³-hybridized carbons (Fsp3) is 0.650. The van der Waals surface area contributed by atoms with Gasteiger partial charge in [-0.2, -0.15) is 4.31 Å². The summed E-state index contributed by atoms with van der Waals surface area (Å²) >= 11 is 0. The van der Waals surface area contributed by atoms with Crippen LogP contribution in [0.5, 0.6) is 0 Å². The molecule has 1 aromatic rings. The maximum Gasteiger partial charge on any atom is 0.243 e. The Balaban J connectivity index is 1.74. The van der Waals surface area contributed by atoms with Gasteiger partial charge in [-0.05, 0) is 44.1 Å². The first-order chi connectivity index (χ1) is 13.4. The van der Waals surface area contributed by atoms with Crippen LogP contribution in [0.3, 0.4) is 0 Å². The average molecular weight is 412 g/mol. The molecular formula is C20H33N3O4S. The molecule has 1 N–H and O–H groups in total. The highest BCUT2D eigenvalue weighted by molar-refractivity contribution is 7.89. The van der Waals surface area contributed by atoms with Gasteiger partial charge in [0.25, 0.3) is 0 Å². The van der Waals surface area contributed by atoms with Crippen LogP contribution < -0.4 is 5.32 Å². The van der Waals surface area contributed by atoms with Crippen molar-refractivity contribution < 1.29 is 17.9 Å². The maximum atomic E-state index is 12.6. The van der Waals surface area contributed by atoms with Crippen LogP contribution in [-0.2, 0) is 26.0 Å². The van der Waals surface area contributed by atoms with Crippen molar-refractivity contribution in [2.45, 2.75) is 37.5 Å². The Kier molecular flexibility index (Phi) is 9.37. The van der Waals surface area contributed by atoms with Gasteiger partial charge in [-0.15, -0.1) is 0 Å². The van der Waals surface area contributed by atoms with Crippen molar-refractivity contribution in [2.75, 3.05) is 53.0 Å². The fourth-order valence-electron chi connectivity index (χ4n) is 3.03. The Morgan fingerprint density at radius 1 is 1.18 bits per heavy atom. The van der Waals surface area contributed by atoms with Crippen LogP contribution in [0, 0.1) is 0 Å². The molecule has 2 rings (SSSR count). The number of carbonyl (C=O) groups is 1. The molecule has 7 nitrogen and oxygen atoms in total. The molecule has 28 heavy (non-hydrogen) atoms. The second-order valence-electron chi connectivity index (χ2n) is 7.17. The van der Waals surface area contributed by atoms with Gasteiger partial charge in [0.15, 0.2) is 0 Å². The predicted octanol–water partition coefficient (Wildman–Crippen LogP) is 1.49. The third-order valence-corrected chi connectivity index (χ3v) is 6.79. The van der Waals surface area contributed by atoms with Crippen molar-refractivity contribution >= 4 is 15.9 Å². The van der Waals surface area contributed by atoms with Gasteiger partial charge in [-0.25, -0.2) is 8.42 Å². The minimum absolute atomic E-state index is 0.0508. The average Bonchev–Trinajstić information content (AvgIpc) is 2.71. The Bertz CT molecular complexity index is 701. The fourth-order valence-corrected chi connectivity index (χ4v) is 4.44. The van der Waals surface area contributed by atoms with Gasteiger partial charge >= 0.3 is 0 Å². The number of unbranched alkanes of at least 4 members (excludes halogenated alkanes) is 1. The minimum atomic E-state index is -3.46. The lowest BCUT2D eigenvalue weighted by Crippen LogP contribution is -2.40. The first-order valence-electron chi connectivity index (χ1n) is 10.1. The van der Waals surface area contributed by atoms with E-state index >= 15 is 0 Å². The molecule has 1 aliphatic rings. The molecule has 158 valence electrons. The molecule has 1 aromatic carbocycles. The molecule has 1 fully saturated rings. The molecule has 0 spiro atoms. The SMILES string of the molecule is CCCCN(C)CCC(=O)NCCc1ccc(S(=O)(=O)N2CCOCC2)cc1. The third kappa shape index (κ3) is 7.16. The number of ether oxygens (including phenoxy) is 1. The molecule has 1 amide bonds. The Morgan fingerprint density at radius 2 is 1.86 bits per heavy atom. The Labute approximate surface area is 169 Å². The summed E-state index contributed by atoms with van der Waals surface area (Å²) in [5.74, 6) is 0.0508. The molecule has 1 heterocycles. The molecule has 1 aliphatic heterocycles. The number of hydrogen-bond acceptors (Lipinski definition) is 5. The zero-order chi connectivity index (χ0) is 20.4. The number of morpholine rings is 1. The van der Waals surface area contributed by atoms with E-state index in [2.05, 4.69) is 17.1 Å². The molecule has 0 bridgehead atoms. The second kappa shape index (κ2) is 11.5. The molecule has 0 unspecified atom stereocenters. The summed E-state index contributed by atoms with van der Waals surface area (Å²) in [6.07, 6.45) is 3.48. The van der Waals surface area contributed by atoms with Crippen LogP contribution in [-0.4, -0.2) is 76.5 Å². The second-order valence-corrected chi connectivity index (χ2v) is 9.11. The van der Waals surface area contributed by atoms with Gasteiger partial charge in [0, 0.05) is 32.6 Å². The summed E-state index contributed by atoms with van der Waals surface area (Å²) in [5, 5.41) is 2.93. The van der Waals surface area contributed by atoms with Crippen LogP contribution >= 0.6 is 0 Å². The van der Waals surface area contributed by atoms with Crippen LogP contribution in [0.1, 0.15) is 31.7 Å². The standard InChI is InChI=1S/C20H33N3O4S/c1-3-4-12-22(2)13-10-20(24)21-11-9-18-5-7-19(8-6-18)28(25,26)23-14-16-27-17-15-23/h5-8H,3-4,9-17H2,1-2H3,(H,21,24). The Hall–Kier alpha value is -1.48. The highest BCUT2D eigenvalue weighted by Gasteiger charge is 2.25. The van der Waals surface area contributed by atoms with E-state index < -0.39 is 10.0 Å². The van der Waals surface area contributed by atoms with E-state index in [1.807, 2.05) is 19.2 Å². The highest BCUT2D eigenvalue weighted by atomic mass is 32.2. The molecule has 0 radical (unpaired) electrons. The molecule has 0 atom stereocenters. The molecule has 0 saturated carbocycles. The number of nitrogens with one attached hydrogen (secondary N) is 1. The summed E-state index contributed by atoms with van der Waals surface area (Å²) in [4.78, 5) is 14.4. The number of hydrogen-bond donors (Lipinski definition) is 1. The summed E-state index contributed by atoms with van der Waals surface area (Å²) < 4.78 is 31.9. The zero-order valence-corrected chi connectivity index (χ0v) is 17.8. The summed E-state index contributed by atoms with van der Waals surface area (Å²) in [5.41, 5.74) is 1.00. The smallest absolute Gasteiger partial charge is 0.243 e. The van der Waals surface area contributed by atoms with Crippen molar-refractivity contribution in [3.05, 3.63) is 29.8 Å². The van der Waals surface area contributed by atoms with Crippen LogP contribution in [0.4, 0.5) is 0 Å². The van der Waals surface area contributed by atoms with Gasteiger partial charge in [0.05, 0.1) is 18.1 Å². The normalized spacial score (nSPS) is 15.7. The van der Waals surface area contributed by atoms with E-state index in [1.54, 1.807) is 12.1 Å². The van der Waals surface area contributed by atoms with Crippen LogP contribution in [0.25, 0.3) is 0 Å². The predicted molar refractivity (Wildman–Crippen MR) is 110 cm³/mol. The van der Waals surface area contributed by atoms with E-state index in [4.69, 9.17) is 4.74 Å². The largest absolute Gasteiger partial charge is 0.379 e. The van der Waals surface area contributed by atoms with Gasteiger partial charge in [-0.3, -0.25) is 4.79 Å². The highest BCUT2D eigenvalue weighted by Crippen LogP contribution is 2.17. The summed E-state index contributed by atoms with van der Waals surface area (Å²) in [6.45, 7) is 6.14. The summed E-state index contributed by atoms with van der Waals surface area (Å²) in [6, 6.07) is 6.92. The number of benzene rings is 1. The van der Waals surface area contributed by atoms with Crippen LogP contribution in [0.15, 0.2) is 29.2 Å². The molecule has 1 saturated heterocycles. The lowest BCUT2D eigenvalue weighted by atomic mass is 10.1.